The molecule has 6 heteroatoms. The van der Waals surface area contributed by atoms with E-state index in [0.717, 1.165) is 17.3 Å². The van der Waals surface area contributed by atoms with Gasteiger partial charge in [-0.3, -0.25) is 4.98 Å². The quantitative estimate of drug-likeness (QED) is 0.731. The van der Waals surface area contributed by atoms with Crippen molar-refractivity contribution >= 4 is 10.0 Å². The van der Waals surface area contributed by atoms with Crippen molar-refractivity contribution < 1.29 is 12.8 Å². The molecule has 134 valence electrons. The van der Waals surface area contributed by atoms with Gasteiger partial charge in [-0.15, -0.1) is 0 Å². The van der Waals surface area contributed by atoms with E-state index in [9.17, 15) is 12.8 Å². The summed E-state index contributed by atoms with van der Waals surface area (Å²) in [5, 5.41) is 0. The number of aromatic nitrogens is 1. The van der Waals surface area contributed by atoms with Gasteiger partial charge in [-0.05, 0) is 54.8 Å². The first-order chi connectivity index (χ1) is 12.4. The molecule has 0 bridgehead atoms. The highest BCUT2D eigenvalue weighted by molar-refractivity contribution is 7.89. The number of nitrogens with one attached hydrogen (secondary N) is 1. The van der Waals surface area contributed by atoms with Crippen molar-refractivity contribution in [1.29, 1.82) is 0 Å². The van der Waals surface area contributed by atoms with E-state index in [1.54, 1.807) is 49.4 Å². The predicted octanol–water partition coefficient (Wildman–Crippen LogP) is 4.24. The minimum atomic E-state index is -3.65. The molecule has 1 heterocycles. The number of hydrogen-bond acceptors (Lipinski definition) is 3. The van der Waals surface area contributed by atoms with Crippen LogP contribution in [0, 0.1) is 12.7 Å². The third-order valence-electron chi connectivity index (χ3n) is 4.10. The van der Waals surface area contributed by atoms with Gasteiger partial charge in [0.25, 0.3) is 0 Å². The van der Waals surface area contributed by atoms with E-state index in [1.165, 1.54) is 6.20 Å². The second-order valence-electron chi connectivity index (χ2n) is 6.14. The molecule has 3 aromatic rings. The van der Waals surface area contributed by atoms with Crippen LogP contribution in [-0.4, -0.2) is 13.4 Å². The summed E-state index contributed by atoms with van der Waals surface area (Å²) < 4.78 is 41.8. The van der Waals surface area contributed by atoms with Gasteiger partial charge < -0.3 is 0 Å². The van der Waals surface area contributed by atoms with Gasteiger partial charge in [0.15, 0.2) is 0 Å². The predicted molar refractivity (Wildman–Crippen MR) is 99.5 cm³/mol. The molecule has 1 N–H and O–H groups in total. The first-order valence-corrected chi connectivity index (χ1v) is 9.64. The highest BCUT2D eigenvalue weighted by Gasteiger charge is 2.19. The Morgan fingerprint density at radius 3 is 2.58 bits per heavy atom. The molecular formula is C20H19FN2O2S. The fraction of sp³-hybridized carbons (Fsp3) is 0.150. The number of benzene rings is 2. The highest BCUT2D eigenvalue weighted by Crippen LogP contribution is 2.26. The number of nitrogens with zero attached hydrogens (tertiary/aromatic N) is 1. The normalized spacial score (nSPS) is 12.7. The second-order valence-corrected chi connectivity index (χ2v) is 7.85. The molecule has 0 aliphatic rings. The van der Waals surface area contributed by atoms with Crippen molar-refractivity contribution in [3.63, 3.8) is 0 Å². The number of hydrogen-bond donors (Lipinski definition) is 1. The van der Waals surface area contributed by atoms with Crippen LogP contribution in [0.4, 0.5) is 4.39 Å². The summed E-state index contributed by atoms with van der Waals surface area (Å²) in [6.07, 6.45) is 2.68. The summed E-state index contributed by atoms with van der Waals surface area (Å²) >= 11 is 0. The fourth-order valence-corrected chi connectivity index (χ4v) is 4.07. The van der Waals surface area contributed by atoms with Crippen molar-refractivity contribution in [3.8, 4) is 11.1 Å². The van der Waals surface area contributed by atoms with Crippen LogP contribution < -0.4 is 4.72 Å². The van der Waals surface area contributed by atoms with E-state index in [4.69, 9.17) is 0 Å². The van der Waals surface area contributed by atoms with Gasteiger partial charge in [0.2, 0.25) is 10.0 Å². The summed E-state index contributed by atoms with van der Waals surface area (Å²) in [6.45, 7) is 3.60. The highest BCUT2D eigenvalue weighted by atomic mass is 32.2. The van der Waals surface area contributed by atoms with Crippen LogP contribution in [-0.2, 0) is 10.0 Å². The summed E-state index contributed by atoms with van der Waals surface area (Å²) in [6, 6.07) is 15.0. The lowest BCUT2D eigenvalue weighted by atomic mass is 10.0. The Bertz CT molecular complexity index is 1040. The second kappa shape index (κ2) is 7.35. The molecule has 3 rings (SSSR count). The summed E-state index contributed by atoms with van der Waals surface area (Å²) in [4.78, 5) is 3.97. The molecule has 2 aromatic carbocycles. The van der Waals surface area contributed by atoms with Crippen LogP contribution in [0.2, 0.25) is 0 Å². The van der Waals surface area contributed by atoms with Crippen LogP contribution in [0.1, 0.15) is 24.1 Å². The molecule has 0 unspecified atom stereocenters. The molecule has 0 aliphatic carbocycles. The summed E-state index contributed by atoms with van der Waals surface area (Å²) in [7, 11) is -3.65. The van der Waals surface area contributed by atoms with Gasteiger partial charge in [0, 0.05) is 17.8 Å². The maximum absolute atomic E-state index is 14.0. The van der Waals surface area contributed by atoms with E-state index in [1.807, 2.05) is 19.1 Å². The third-order valence-corrected chi connectivity index (χ3v) is 5.64. The number of rotatable bonds is 5. The van der Waals surface area contributed by atoms with E-state index < -0.39 is 21.9 Å². The molecule has 0 amide bonds. The minimum Gasteiger partial charge on any atom is -0.262 e. The van der Waals surface area contributed by atoms with E-state index >= 15 is 0 Å². The van der Waals surface area contributed by atoms with Crippen molar-refractivity contribution in [2.24, 2.45) is 0 Å². The van der Waals surface area contributed by atoms with Crippen molar-refractivity contribution in [2.45, 2.75) is 24.8 Å². The van der Waals surface area contributed by atoms with Crippen LogP contribution in [0.25, 0.3) is 11.1 Å². The Morgan fingerprint density at radius 1 is 1.08 bits per heavy atom. The van der Waals surface area contributed by atoms with Crippen LogP contribution >= 0.6 is 0 Å². The molecule has 26 heavy (non-hydrogen) atoms. The summed E-state index contributed by atoms with van der Waals surface area (Å²) in [5.41, 5.74) is 2.71. The van der Waals surface area contributed by atoms with Crippen LogP contribution in [0.15, 0.2) is 71.9 Å². The molecule has 0 spiro atoms. The Hall–Kier alpha value is -2.57. The molecule has 0 radical (unpaired) electrons. The van der Waals surface area contributed by atoms with E-state index in [2.05, 4.69) is 9.71 Å². The molecule has 1 atom stereocenters. The largest absolute Gasteiger partial charge is 0.262 e. The maximum Gasteiger partial charge on any atom is 0.241 e. The monoisotopic (exact) mass is 370 g/mol. The van der Waals surface area contributed by atoms with Crippen molar-refractivity contribution in [3.05, 3.63) is 83.9 Å². The number of pyridine rings is 1. The lowest BCUT2D eigenvalue weighted by Crippen LogP contribution is -2.27. The molecule has 0 saturated carbocycles. The Labute approximate surface area is 152 Å². The number of aryl methyl sites for hydroxylation is 1. The number of sulfonamides is 1. The molecule has 0 aliphatic heterocycles. The van der Waals surface area contributed by atoms with E-state index in [0.29, 0.717) is 11.1 Å². The fourth-order valence-electron chi connectivity index (χ4n) is 2.74. The third kappa shape index (κ3) is 3.98. The Balaban J connectivity index is 1.88. The first kappa shape index (κ1) is 18.2. The van der Waals surface area contributed by atoms with Gasteiger partial charge in [-0.2, -0.15) is 0 Å². The average molecular weight is 370 g/mol. The molecular weight excluding hydrogens is 351 g/mol. The Kier molecular flexibility index (Phi) is 5.15. The number of halogens is 1. The summed E-state index contributed by atoms with van der Waals surface area (Å²) in [5.74, 6) is -0.419. The van der Waals surface area contributed by atoms with E-state index in [-0.39, 0.29) is 4.90 Å². The van der Waals surface area contributed by atoms with Crippen LogP contribution in [0.5, 0.6) is 0 Å². The maximum atomic E-state index is 14.0. The molecule has 0 fully saturated rings. The Morgan fingerprint density at radius 2 is 1.85 bits per heavy atom. The lowest BCUT2D eigenvalue weighted by molar-refractivity contribution is 0.567. The average Bonchev–Trinajstić information content (AvgIpc) is 2.62. The van der Waals surface area contributed by atoms with Gasteiger partial charge in [0.05, 0.1) is 11.1 Å². The zero-order chi connectivity index (χ0) is 18.7. The molecule has 4 nitrogen and oxygen atoms in total. The van der Waals surface area contributed by atoms with Gasteiger partial charge in [-0.25, -0.2) is 17.5 Å². The van der Waals surface area contributed by atoms with Gasteiger partial charge in [0.1, 0.15) is 5.82 Å². The van der Waals surface area contributed by atoms with Crippen molar-refractivity contribution in [2.75, 3.05) is 0 Å². The van der Waals surface area contributed by atoms with Crippen molar-refractivity contribution in [1.82, 2.24) is 9.71 Å². The van der Waals surface area contributed by atoms with Gasteiger partial charge in [-0.1, -0.05) is 30.3 Å². The molecule has 1 aromatic heterocycles. The lowest BCUT2D eigenvalue weighted by Gasteiger charge is -2.16. The topological polar surface area (TPSA) is 59.1 Å². The zero-order valence-corrected chi connectivity index (χ0v) is 15.3. The molecule has 0 saturated heterocycles. The zero-order valence-electron chi connectivity index (χ0n) is 14.5. The minimum absolute atomic E-state index is 0.223. The van der Waals surface area contributed by atoms with Crippen LogP contribution in [0.3, 0.4) is 0 Å². The first-order valence-electron chi connectivity index (χ1n) is 8.16. The smallest absolute Gasteiger partial charge is 0.241 e. The standard InChI is InChI=1S/C20H19FN2O2S/c1-14-5-3-8-18(11-14)26(24,25)23-15(2)16-6-4-7-17(12-16)19-9-10-22-13-20(19)21/h3-13,15,23H,1-2H3/t15-/m0/s1. The van der Waals surface area contributed by atoms with Gasteiger partial charge >= 0.3 is 0 Å². The SMILES string of the molecule is Cc1cccc(S(=O)(=O)N[C@@H](C)c2cccc(-c3ccncc3F)c2)c1.